The van der Waals surface area contributed by atoms with Gasteiger partial charge in [-0.05, 0) is 23.3 Å². The van der Waals surface area contributed by atoms with Crippen LogP contribution >= 0.6 is 0 Å². The van der Waals surface area contributed by atoms with Gasteiger partial charge in [0.15, 0.2) is 11.6 Å². The van der Waals surface area contributed by atoms with Crippen LogP contribution in [0.3, 0.4) is 0 Å². The molecule has 30 heavy (non-hydrogen) atoms. The average Bonchev–Trinajstić information content (AvgIpc) is 2.81. The molecule has 5 nitrogen and oxygen atoms in total. The monoisotopic (exact) mass is 395 g/mol. The maximum Gasteiger partial charge on any atom is 0.172 e. The summed E-state index contributed by atoms with van der Waals surface area (Å²) in [5.74, 6) is 1.30. The van der Waals surface area contributed by atoms with E-state index in [1.165, 1.54) is 11.1 Å². The van der Waals surface area contributed by atoms with Gasteiger partial charge in [-0.15, -0.1) is 0 Å². The van der Waals surface area contributed by atoms with Crippen LogP contribution in [0.4, 0.5) is 11.6 Å². The van der Waals surface area contributed by atoms with Crippen molar-refractivity contribution in [2.75, 3.05) is 36.8 Å². The van der Waals surface area contributed by atoms with Gasteiger partial charge in [-0.1, -0.05) is 72.8 Å². The van der Waals surface area contributed by atoms with E-state index in [0.29, 0.717) is 5.82 Å². The highest BCUT2D eigenvalue weighted by molar-refractivity contribution is 5.79. The number of anilines is 2. The zero-order valence-corrected chi connectivity index (χ0v) is 16.9. The van der Waals surface area contributed by atoms with E-state index in [9.17, 15) is 0 Å². The molecule has 1 aromatic heterocycles. The minimum absolute atomic E-state index is 0.245. The number of para-hydroxylation sites is 2. The van der Waals surface area contributed by atoms with Crippen molar-refractivity contribution >= 4 is 22.7 Å². The van der Waals surface area contributed by atoms with Crippen molar-refractivity contribution in [3.63, 3.8) is 0 Å². The van der Waals surface area contributed by atoms with E-state index in [4.69, 9.17) is 10.7 Å². The fraction of sp³-hybridized carbons (Fsp3) is 0.200. The first-order valence-corrected chi connectivity index (χ1v) is 10.4. The van der Waals surface area contributed by atoms with Crippen LogP contribution in [-0.2, 0) is 0 Å². The third-order valence-electron chi connectivity index (χ3n) is 5.79. The zero-order valence-electron chi connectivity index (χ0n) is 16.9. The second kappa shape index (κ2) is 8.13. The topological polar surface area (TPSA) is 58.3 Å². The summed E-state index contributed by atoms with van der Waals surface area (Å²) in [5, 5.41) is 0. The van der Waals surface area contributed by atoms with Crippen molar-refractivity contribution in [2.24, 2.45) is 0 Å². The predicted octanol–water partition coefficient (Wildman–Crippen LogP) is 4.12. The van der Waals surface area contributed by atoms with E-state index in [1.54, 1.807) is 0 Å². The van der Waals surface area contributed by atoms with Gasteiger partial charge >= 0.3 is 0 Å². The molecule has 0 aliphatic carbocycles. The van der Waals surface area contributed by atoms with Crippen molar-refractivity contribution in [3.8, 4) is 0 Å². The highest BCUT2D eigenvalue weighted by Gasteiger charge is 2.27. The van der Waals surface area contributed by atoms with Crippen LogP contribution in [0.1, 0.15) is 17.2 Å². The highest BCUT2D eigenvalue weighted by Crippen LogP contribution is 2.31. The molecule has 150 valence electrons. The lowest BCUT2D eigenvalue weighted by Crippen LogP contribution is -2.48. The zero-order chi connectivity index (χ0) is 20.3. The molecule has 2 heterocycles. The summed E-state index contributed by atoms with van der Waals surface area (Å²) in [4.78, 5) is 14.2. The van der Waals surface area contributed by atoms with Gasteiger partial charge < -0.3 is 10.6 Å². The maximum absolute atomic E-state index is 6.27. The SMILES string of the molecule is Nc1nc2ccccc2nc1N1CCN(C(c2ccccc2)c2ccccc2)CC1. The molecular formula is C25H25N5. The van der Waals surface area contributed by atoms with Crippen LogP contribution in [0.15, 0.2) is 84.9 Å². The third kappa shape index (κ3) is 3.60. The molecule has 3 aromatic carbocycles. The van der Waals surface area contributed by atoms with E-state index in [1.807, 2.05) is 24.3 Å². The average molecular weight is 396 g/mol. The molecule has 1 aliphatic rings. The summed E-state index contributed by atoms with van der Waals surface area (Å²) >= 11 is 0. The van der Waals surface area contributed by atoms with E-state index in [2.05, 4.69) is 75.4 Å². The Balaban J connectivity index is 1.40. The molecule has 1 saturated heterocycles. The lowest BCUT2D eigenvalue weighted by Gasteiger charge is -2.40. The molecule has 1 fully saturated rings. The molecule has 5 heteroatoms. The molecule has 1 aliphatic heterocycles. The summed E-state index contributed by atoms with van der Waals surface area (Å²) in [6, 6.07) is 29.6. The van der Waals surface area contributed by atoms with Gasteiger partial charge in [0.25, 0.3) is 0 Å². The first-order chi connectivity index (χ1) is 14.8. The fourth-order valence-corrected chi connectivity index (χ4v) is 4.31. The quantitative estimate of drug-likeness (QED) is 0.563. The van der Waals surface area contributed by atoms with Gasteiger partial charge in [0.1, 0.15) is 0 Å². The number of piperazine rings is 1. The lowest BCUT2D eigenvalue weighted by molar-refractivity contribution is 0.212. The molecular weight excluding hydrogens is 370 g/mol. The van der Waals surface area contributed by atoms with Gasteiger partial charge in [-0.2, -0.15) is 0 Å². The van der Waals surface area contributed by atoms with Crippen LogP contribution in [0.5, 0.6) is 0 Å². The minimum Gasteiger partial charge on any atom is -0.381 e. The second-order valence-corrected chi connectivity index (χ2v) is 7.67. The van der Waals surface area contributed by atoms with E-state index >= 15 is 0 Å². The molecule has 2 N–H and O–H groups in total. The van der Waals surface area contributed by atoms with Crippen LogP contribution in [0.2, 0.25) is 0 Å². The number of aromatic nitrogens is 2. The van der Waals surface area contributed by atoms with E-state index in [0.717, 1.165) is 43.0 Å². The number of rotatable bonds is 4. The molecule has 0 atom stereocenters. The largest absolute Gasteiger partial charge is 0.381 e. The van der Waals surface area contributed by atoms with Crippen molar-refractivity contribution in [2.45, 2.75) is 6.04 Å². The molecule has 0 radical (unpaired) electrons. The summed E-state index contributed by atoms with van der Waals surface area (Å²) in [6.07, 6.45) is 0. The van der Waals surface area contributed by atoms with Gasteiger partial charge in [0.05, 0.1) is 17.1 Å². The molecule has 0 spiro atoms. The van der Waals surface area contributed by atoms with Gasteiger partial charge in [0.2, 0.25) is 0 Å². The Hall–Kier alpha value is -3.44. The van der Waals surface area contributed by atoms with Crippen molar-refractivity contribution < 1.29 is 0 Å². The van der Waals surface area contributed by atoms with Crippen molar-refractivity contribution in [1.29, 1.82) is 0 Å². The number of nitrogen functional groups attached to an aromatic ring is 1. The molecule has 0 saturated carbocycles. The van der Waals surface area contributed by atoms with Gasteiger partial charge in [-0.25, -0.2) is 9.97 Å². The lowest BCUT2D eigenvalue weighted by atomic mass is 9.96. The number of hydrogen-bond acceptors (Lipinski definition) is 5. The van der Waals surface area contributed by atoms with E-state index in [-0.39, 0.29) is 6.04 Å². The van der Waals surface area contributed by atoms with Crippen LogP contribution in [0, 0.1) is 0 Å². The van der Waals surface area contributed by atoms with Crippen molar-refractivity contribution in [3.05, 3.63) is 96.1 Å². The number of fused-ring (bicyclic) bond motifs is 1. The summed E-state index contributed by atoms with van der Waals surface area (Å²) < 4.78 is 0. The smallest absolute Gasteiger partial charge is 0.172 e. The fourth-order valence-electron chi connectivity index (χ4n) is 4.31. The Kier molecular flexibility index (Phi) is 5.03. The Morgan fingerprint density at radius 3 is 1.70 bits per heavy atom. The molecule has 5 rings (SSSR count). The first-order valence-electron chi connectivity index (χ1n) is 10.4. The number of nitrogens with zero attached hydrogens (tertiary/aromatic N) is 4. The second-order valence-electron chi connectivity index (χ2n) is 7.67. The Morgan fingerprint density at radius 2 is 1.13 bits per heavy atom. The Morgan fingerprint density at radius 1 is 0.633 bits per heavy atom. The maximum atomic E-state index is 6.27. The Bertz CT molecular complexity index is 1080. The van der Waals surface area contributed by atoms with Crippen LogP contribution in [-0.4, -0.2) is 41.0 Å². The third-order valence-corrected chi connectivity index (χ3v) is 5.79. The normalized spacial score (nSPS) is 15.0. The highest BCUT2D eigenvalue weighted by atomic mass is 15.3. The van der Waals surface area contributed by atoms with Gasteiger partial charge in [-0.3, -0.25) is 4.90 Å². The number of hydrogen-bond donors (Lipinski definition) is 1. The van der Waals surface area contributed by atoms with Crippen LogP contribution in [0.25, 0.3) is 11.0 Å². The van der Waals surface area contributed by atoms with Gasteiger partial charge in [0, 0.05) is 26.2 Å². The van der Waals surface area contributed by atoms with Crippen molar-refractivity contribution in [1.82, 2.24) is 14.9 Å². The molecule has 4 aromatic rings. The molecule has 0 bridgehead atoms. The molecule has 0 amide bonds. The standard InChI is InChI=1S/C25H25N5/c26-24-25(28-22-14-8-7-13-21(22)27-24)30-17-15-29(16-18-30)23(19-9-3-1-4-10-19)20-11-5-2-6-12-20/h1-14,23H,15-18H2,(H2,26,27). The van der Waals surface area contributed by atoms with E-state index < -0.39 is 0 Å². The Labute approximate surface area is 176 Å². The van der Waals surface area contributed by atoms with Crippen LogP contribution < -0.4 is 10.6 Å². The summed E-state index contributed by atoms with van der Waals surface area (Å²) in [6.45, 7) is 3.60. The summed E-state index contributed by atoms with van der Waals surface area (Å²) in [5.41, 5.74) is 10.6. The predicted molar refractivity (Wildman–Crippen MR) is 122 cm³/mol. The number of nitrogens with two attached hydrogens (primary N) is 1. The molecule has 0 unspecified atom stereocenters. The first kappa shape index (κ1) is 18.6. The minimum atomic E-state index is 0.245. The number of benzene rings is 3. The summed E-state index contributed by atoms with van der Waals surface area (Å²) in [7, 11) is 0.